The Balaban J connectivity index is 1.25. The van der Waals surface area contributed by atoms with Crippen LogP contribution in [0.5, 0.6) is 0 Å². The number of allylic oxidation sites excluding steroid dienone is 1. The van der Waals surface area contributed by atoms with E-state index in [0.29, 0.717) is 23.5 Å². The van der Waals surface area contributed by atoms with Crippen molar-refractivity contribution in [1.82, 2.24) is 0 Å². The van der Waals surface area contributed by atoms with Crippen LogP contribution in [0.15, 0.2) is 23.8 Å². The lowest BCUT2D eigenvalue weighted by Gasteiger charge is -2.58. The highest BCUT2D eigenvalue weighted by atomic mass is 16.7. The molecule has 0 amide bonds. The molecule has 1 aliphatic heterocycles. The van der Waals surface area contributed by atoms with Crippen LogP contribution in [-0.4, -0.2) is 48.9 Å². The summed E-state index contributed by atoms with van der Waals surface area (Å²) in [4.78, 5) is 35.3. The molecular formula is C31H44O7. The number of hydrogen-bond acceptors (Lipinski definition) is 7. The number of hydrogen-bond donors (Lipinski definition) is 0. The van der Waals surface area contributed by atoms with Gasteiger partial charge >= 0.3 is 11.9 Å². The zero-order valence-electron chi connectivity index (χ0n) is 23.6. The molecule has 210 valence electrons. The molecule has 7 heteroatoms. The number of carbonyl (C=O) groups excluding carboxylic acids is 3. The summed E-state index contributed by atoms with van der Waals surface area (Å²) in [5.74, 6) is 1.81. The second-order valence-electron chi connectivity index (χ2n) is 12.8. The van der Waals surface area contributed by atoms with Gasteiger partial charge in [0.15, 0.2) is 6.29 Å². The average molecular weight is 529 g/mol. The summed E-state index contributed by atoms with van der Waals surface area (Å²) in [6.07, 6.45) is 13.0. The van der Waals surface area contributed by atoms with Crippen molar-refractivity contribution in [3.63, 3.8) is 0 Å². The molecule has 0 radical (unpaired) electrons. The Hall–Kier alpha value is -1.99. The summed E-state index contributed by atoms with van der Waals surface area (Å²) < 4.78 is 23.0. The maximum Gasteiger partial charge on any atom is 0.303 e. The second-order valence-corrected chi connectivity index (χ2v) is 12.8. The second kappa shape index (κ2) is 10.5. The number of esters is 2. The molecule has 3 saturated carbocycles. The van der Waals surface area contributed by atoms with Gasteiger partial charge in [0.1, 0.15) is 24.6 Å². The molecule has 0 saturated heterocycles. The summed E-state index contributed by atoms with van der Waals surface area (Å²) >= 11 is 0. The van der Waals surface area contributed by atoms with E-state index in [1.165, 1.54) is 38.7 Å². The highest BCUT2D eigenvalue weighted by molar-refractivity contribution is 5.79. The molecule has 3 fully saturated rings. The van der Waals surface area contributed by atoms with Crippen molar-refractivity contribution in [2.45, 2.75) is 111 Å². The number of carbonyl (C=O) groups is 3. The van der Waals surface area contributed by atoms with Gasteiger partial charge in [-0.1, -0.05) is 25.5 Å². The van der Waals surface area contributed by atoms with E-state index in [9.17, 15) is 14.4 Å². The van der Waals surface area contributed by atoms with Crippen molar-refractivity contribution >= 4 is 17.7 Å². The normalized spacial score (nSPS) is 43.8. The Morgan fingerprint density at radius 3 is 2.47 bits per heavy atom. The fraction of sp³-hybridized carbons (Fsp3) is 0.774. The Morgan fingerprint density at radius 1 is 0.974 bits per heavy atom. The molecule has 0 bridgehead atoms. The van der Waals surface area contributed by atoms with Gasteiger partial charge in [-0.25, -0.2) is 0 Å². The molecule has 4 unspecified atom stereocenters. The Kier molecular flexibility index (Phi) is 7.64. The van der Waals surface area contributed by atoms with E-state index < -0.39 is 30.4 Å². The van der Waals surface area contributed by atoms with E-state index in [1.54, 1.807) is 19.1 Å². The number of Topliss-reactive ketones (excluding diaryl/α,β-unsaturated/α-hetero) is 1. The molecule has 38 heavy (non-hydrogen) atoms. The molecule has 4 aliphatic carbocycles. The van der Waals surface area contributed by atoms with Gasteiger partial charge in [-0.15, -0.1) is 0 Å². The minimum Gasteiger partial charge on any atom is -0.463 e. The van der Waals surface area contributed by atoms with Crippen LogP contribution < -0.4 is 0 Å². The van der Waals surface area contributed by atoms with Crippen molar-refractivity contribution < 1.29 is 33.3 Å². The maximum atomic E-state index is 12.4. The molecule has 5 aliphatic rings. The lowest BCUT2D eigenvalue weighted by molar-refractivity contribution is -0.213. The maximum absolute atomic E-state index is 12.4. The summed E-state index contributed by atoms with van der Waals surface area (Å²) in [5.41, 5.74) is 1.89. The molecule has 10 atom stereocenters. The van der Waals surface area contributed by atoms with Crippen LogP contribution in [0.25, 0.3) is 0 Å². The lowest BCUT2D eigenvalue weighted by Crippen LogP contribution is -2.51. The molecular weight excluding hydrogens is 484 g/mol. The van der Waals surface area contributed by atoms with Crippen LogP contribution in [0.4, 0.5) is 0 Å². The van der Waals surface area contributed by atoms with E-state index in [-0.39, 0.29) is 29.5 Å². The number of fused-ring (bicyclic) bond motifs is 5. The molecule has 0 N–H and O–H groups in total. The van der Waals surface area contributed by atoms with Gasteiger partial charge in [0.2, 0.25) is 0 Å². The van der Waals surface area contributed by atoms with Gasteiger partial charge < -0.3 is 18.9 Å². The quantitative estimate of drug-likeness (QED) is 0.341. The topological polar surface area (TPSA) is 88.1 Å². The first-order valence-corrected chi connectivity index (χ1v) is 14.5. The fourth-order valence-electron chi connectivity index (χ4n) is 8.94. The smallest absolute Gasteiger partial charge is 0.303 e. The van der Waals surface area contributed by atoms with Crippen LogP contribution in [0, 0.1) is 34.5 Å². The monoisotopic (exact) mass is 528 g/mol. The highest BCUT2D eigenvalue weighted by Crippen LogP contribution is 2.66. The molecule has 5 rings (SSSR count). The van der Waals surface area contributed by atoms with Crippen LogP contribution in [0.3, 0.4) is 0 Å². The standard InChI is InChI=1S/C31H44O7/c1-18(32)24-8-9-25-23-7-6-21-16-22(12-14-30(21,4)26(23)13-15-31(24,25)5)37-29-11-10-27(36-20(3)34)28(38-29)17-35-19(2)33/h6,10-11,22-29H,7-9,12-17H2,1-5H3/t22-,23?,24+,25?,26?,27-,28+,29?,30-,31+/m0/s1. The first-order valence-electron chi connectivity index (χ1n) is 14.5. The third-order valence-corrected chi connectivity index (χ3v) is 10.8. The largest absolute Gasteiger partial charge is 0.463 e. The third kappa shape index (κ3) is 5.01. The Morgan fingerprint density at radius 2 is 1.76 bits per heavy atom. The van der Waals surface area contributed by atoms with Gasteiger partial charge in [0.25, 0.3) is 0 Å². The van der Waals surface area contributed by atoms with Crippen molar-refractivity contribution in [3.8, 4) is 0 Å². The molecule has 0 aromatic carbocycles. The Labute approximate surface area is 226 Å². The van der Waals surface area contributed by atoms with E-state index in [4.69, 9.17) is 18.9 Å². The van der Waals surface area contributed by atoms with Gasteiger partial charge in [0, 0.05) is 19.8 Å². The summed E-state index contributed by atoms with van der Waals surface area (Å²) in [6.45, 7) is 9.36. The van der Waals surface area contributed by atoms with Crippen molar-refractivity contribution in [2.75, 3.05) is 6.61 Å². The number of rotatable bonds is 6. The van der Waals surface area contributed by atoms with Gasteiger partial charge in [-0.2, -0.15) is 0 Å². The van der Waals surface area contributed by atoms with Crippen molar-refractivity contribution in [1.29, 1.82) is 0 Å². The molecule has 1 heterocycles. The lowest BCUT2D eigenvalue weighted by atomic mass is 9.47. The molecule has 7 nitrogen and oxygen atoms in total. The Bertz CT molecular complexity index is 1020. The van der Waals surface area contributed by atoms with E-state index in [1.807, 2.05) is 0 Å². The SMILES string of the molecule is CC(=O)OC[C@H]1OC(O[C@H]2CC[C@@]3(C)C(=CCC4C3CC[C@@]3(C)C4CC[C@@H]3C(C)=O)C2)C=C[C@@H]1OC(C)=O. The number of ether oxygens (including phenoxy) is 4. The summed E-state index contributed by atoms with van der Waals surface area (Å²) in [7, 11) is 0. The highest BCUT2D eigenvalue weighted by Gasteiger charge is 2.59. The van der Waals surface area contributed by atoms with Gasteiger partial charge in [0.05, 0.1) is 6.10 Å². The zero-order chi connectivity index (χ0) is 27.2. The summed E-state index contributed by atoms with van der Waals surface area (Å²) in [5, 5.41) is 0. The van der Waals surface area contributed by atoms with Crippen LogP contribution in [0.2, 0.25) is 0 Å². The average Bonchev–Trinajstić information content (AvgIpc) is 3.21. The predicted octanol–water partition coefficient (Wildman–Crippen LogP) is 5.32. The first-order chi connectivity index (χ1) is 18.0. The molecule has 0 aromatic heterocycles. The van der Waals surface area contributed by atoms with E-state index in [0.717, 1.165) is 32.1 Å². The van der Waals surface area contributed by atoms with E-state index >= 15 is 0 Å². The van der Waals surface area contributed by atoms with Gasteiger partial charge in [-0.05, 0) is 99.0 Å². The number of ketones is 1. The van der Waals surface area contributed by atoms with E-state index in [2.05, 4.69) is 19.9 Å². The van der Waals surface area contributed by atoms with Crippen molar-refractivity contribution in [2.24, 2.45) is 34.5 Å². The van der Waals surface area contributed by atoms with Crippen LogP contribution in [-0.2, 0) is 33.3 Å². The summed E-state index contributed by atoms with van der Waals surface area (Å²) in [6, 6.07) is 0. The minimum absolute atomic E-state index is 0.000981. The van der Waals surface area contributed by atoms with Crippen LogP contribution >= 0.6 is 0 Å². The zero-order valence-corrected chi connectivity index (χ0v) is 23.6. The first kappa shape index (κ1) is 27.6. The molecule has 0 aromatic rings. The van der Waals surface area contributed by atoms with Crippen LogP contribution in [0.1, 0.15) is 86.0 Å². The predicted molar refractivity (Wildman–Crippen MR) is 141 cm³/mol. The molecule has 0 spiro atoms. The fourth-order valence-corrected chi connectivity index (χ4v) is 8.94. The minimum atomic E-state index is -0.616. The van der Waals surface area contributed by atoms with Crippen molar-refractivity contribution in [3.05, 3.63) is 23.8 Å². The van der Waals surface area contributed by atoms with Gasteiger partial charge in [-0.3, -0.25) is 14.4 Å². The third-order valence-electron chi connectivity index (χ3n) is 10.8.